The lowest BCUT2D eigenvalue weighted by molar-refractivity contribution is -0.146. The number of ether oxygens (including phenoxy) is 2. The summed E-state index contributed by atoms with van der Waals surface area (Å²) in [6, 6.07) is 0. The van der Waals surface area contributed by atoms with Gasteiger partial charge in [-0.15, -0.1) is 0 Å². The Balaban J connectivity index is 2.39. The van der Waals surface area contributed by atoms with Gasteiger partial charge in [0.25, 0.3) is 0 Å². The number of hydrogen-bond donors (Lipinski definition) is 2. The molecule has 0 spiro atoms. The van der Waals surface area contributed by atoms with Crippen molar-refractivity contribution < 1.29 is 32.3 Å². The topological polar surface area (TPSA) is 131 Å². The van der Waals surface area contributed by atoms with E-state index in [0.29, 0.717) is 12.8 Å². The summed E-state index contributed by atoms with van der Waals surface area (Å²) in [7, 11) is -2.67. The van der Waals surface area contributed by atoms with Crippen LogP contribution in [0.4, 0.5) is 4.79 Å². The van der Waals surface area contributed by atoms with Gasteiger partial charge in [0.05, 0.1) is 19.6 Å². The maximum Gasteiger partial charge on any atom is 0.407 e. The fraction of sp³-hybridized carbons (Fsp3) is 0.769. The zero-order chi connectivity index (χ0) is 18.2. The molecule has 10 nitrogen and oxygen atoms in total. The number of carbonyl (C=O) groups is 3. The highest BCUT2D eigenvalue weighted by atomic mass is 32.2. The van der Waals surface area contributed by atoms with Crippen molar-refractivity contribution >= 4 is 28.2 Å². The largest absolute Gasteiger partial charge is 0.469 e. The first kappa shape index (κ1) is 20.2. The third-order valence-corrected chi connectivity index (χ3v) is 5.00. The number of nitrogens with zero attached hydrogens (tertiary/aromatic N) is 1. The van der Waals surface area contributed by atoms with Crippen molar-refractivity contribution in [3.63, 3.8) is 0 Å². The molecular weight excluding hydrogens is 342 g/mol. The summed E-state index contributed by atoms with van der Waals surface area (Å²) in [6.07, 6.45) is -0.187. The summed E-state index contributed by atoms with van der Waals surface area (Å²) in [6.45, 7) is 2.06. The summed E-state index contributed by atoms with van der Waals surface area (Å²) in [5, 5.41) is 2.32. The molecule has 1 heterocycles. The number of nitrogens with one attached hydrogen (secondary N) is 2. The van der Waals surface area contributed by atoms with Gasteiger partial charge in [0.2, 0.25) is 5.91 Å². The Kier molecular flexibility index (Phi) is 7.92. The first-order valence-electron chi connectivity index (χ1n) is 7.59. The molecule has 138 valence electrons. The Morgan fingerprint density at radius 3 is 2.38 bits per heavy atom. The molecular formula is C13H23N3O7S. The van der Waals surface area contributed by atoms with E-state index in [4.69, 9.17) is 0 Å². The Bertz CT molecular complexity index is 556. The van der Waals surface area contributed by atoms with Crippen LogP contribution < -0.4 is 10.0 Å². The number of amides is 2. The number of hydrogen-bond acceptors (Lipinski definition) is 7. The molecule has 1 fully saturated rings. The van der Waals surface area contributed by atoms with Gasteiger partial charge in [-0.1, -0.05) is 0 Å². The third kappa shape index (κ3) is 6.32. The minimum absolute atomic E-state index is 0.0371. The van der Waals surface area contributed by atoms with Crippen molar-refractivity contribution in [1.82, 2.24) is 14.3 Å². The molecule has 0 aromatic heterocycles. The minimum atomic E-state index is -3.96. The summed E-state index contributed by atoms with van der Waals surface area (Å²) in [4.78, 5) is 34.1. The van der Waals surface area contributed by atoms with Crippen LogP contribution in [0.25, 0.3) is 0 Å². The van der Waals surface area contributed by atoms with Crippen LogP contribution in [0, 0.1) is 5.92 Å². The molecule has 0 radical (unpaired) electrons. The van der Waals surface area contributed by atoms with Gasteiger partial charge in [-0.25, -0.2) is 9.52 Å². The maximum atomic E-state index is 12.1. The molecule has 0 saturated carbocycles. The van der Waals surface area contributed by atoms with E-state index in [1.54, 1.807) is 6.92 Å². The minimum Gasteiger partial charge on any atom is -0.469 e. The van der Waals surface area contributed by atoms with Crippen molar-refractivity contribution in [2.24, 2.45) is 5.92 Å². The Morgan fingerprint density at radius 1 is 1.21 bits per heavy atom. The molecule has 0 aromatic rings. The molecule has 2 amide bonds. The van der Waals surface area contributed by atoms with Crippen LogP contribution in [-0.4, -0.2) is 64.0 Å². The van der Waals surface area contributed by atoms with E-state index in [-0.39, 0.29) is 44.5 Å². The monoisotopic (exact) mass is 365 g/mol. The molecule has 1 saturated heterocycles. The van der Waals surface area contributed by atoms with Gasteiger partial charge in [-0.2, -0.15) is 12.7 Å². The van der Waals surface area contributed by atoms with Gasteiger partial charge in [0, 0.05) is 26.1 Å². The van der Waals surface area contributed by atoms with Crippen LogP contribution in [0.15, 0.2) is 0 Å². The molecule has 1 aliphatic heterocycles. The van der Waals surface area contributed by atoms with Crippen molar-refractivity contribution in [3.8, 4) is 0 Å². The van der Waals surface area contributed by atoms with Gasteiger partial charge in [-0.05, 0) is 19.8 Å². The van der Waals surface area contributed by atoms with Gasteiger partial charge in [0.15, 0.2) is 0 Å². The lowest BCUT2D eigenvalue weighted by Gasteiger charge is -2.29. The van der Waals surface area contributed by atoms with Crippen LogP contribution in [-0.2, 0) is 29.3 Å². The Labute approximate surface area is 141 Å². The summed E-state index contributed by atoms with van der Waals surface area (Å²) < 4.78 is 36.5. The lowest BCUT2D eigenvalue weighted by atomic mass is 9.99. The van der Waals surface area contributed by atoms with Gasteiger partial charge in [0.1, 0.15) is 0 Å². The number of piperidine rings is 1. The number of esters is 1. The van der Waals surface area contributed by atoms with E-state index in [9.17, 15) is 22.8 Å². The van der Waals surface area contributed by atoms with Gasteiger partial charge >= 0.3 is 22.3 Å². The first-order chi connectivity index (χ1) is 11.3. The van der Waals surface area contributed by atoms with Crippen molar-refractivity contribution in [3.05, 3.63) is 0 Å². The quantitative estimate of drug-likeness (QED) is 0.574. The van der Waals surface area contributed by atoms with Gasteiger partial charge < -0.3 is 14.8 Å². The van der Waals surface area contributed by atoms with E-state index >= 15 is 0 Å². The normalized spacial score (nSPS) is 16.2. The molecule has 11 heteroatoms. The Morgan fingerprint density at radius 2 is 1.83 bits per heavy atom. The van der Waals surface area contributed by atoms with Crippen LogP contribution >= 0.6 is 0 Å². The molecule has 2 N–H and O–H groups in total. The van der Waals surface area contributed by atoms with E-state index in [0.717, 1.165) is 4.31 Å². The third-order valence-electron chi connectivity index (χ3n) is 3.47. The van der Waals surface area contributed by atoms with E-state index in [1.165, 1.54) is 7.11 Å². The summed E-state index contributed by atoms with van der Waals surface area (Å²) in [5.74, 6) is -1.42. The van der Waals surface area contributed by atoms with E-state index < -0.39 is 22.2 Å². The van der Waals surface area contributed by atoms with Crippen molar-refractivity contribution in [2.75, 3.05) is 33.4 Å². The summed E-state index contributed by atoms with van der Waals surface area (Å²) in [5.41, 5.74) is 0. The number of rotatable bonds is 7. The van der Waals surface area contributed by atoms with E-state index in [2.05, 4.69) is 14.8 Å². The molecule has 1 aliphatic rings. The molecule has 0 aromatic carbocycles. The highest BCUT2D eigenvalue weighted by molar-refractivity contribution is 7.87. The average Bonchev–Trinajstić information content (AvgIpc) is 2.54. The fourth-order valence-electron chi connectivity index (χ4n) is 2.22. The van der Waals surface area contributed by atoms with E-state index in [1.807, 2.05) is 4.72 Å². The predicted octanol–water partition coefficient (Wildman–Crippen LogP) is -0.631. The van der Waals surface area contributed by atoms with Crippen molar-refractivity contribution in [1.29, 1.82) is 0 Å². The second-order valence-electron chi connectivity index (χ2n) is 5.12. The molecule has 0 atom stereocenters. The lowest BCUT2D eigenvalue weighted by Crippen LogP contribution is -2.48. The molecule has 0 unspecified atom stereocenters. The highest BCUT2D eigenvalue weighted by Gasteiger charge is 2.32. The number of alkyl carbamates (subject to hydrolysis) is 1. The van der Waals surface area contributed by atoms with Gasteiger partial charge in [-0.3, -0.25) is 9.59 Å². The fourth-order valence-corrected chi connectivity index (χ4v) is 3.43. The average molecular weight is 365 g/mol. The standard InChI is InChI=1S/C13H23N3O7S/c1-3-23-13(19)14-7-4-11(17)15-24(20,21)16-8-5-10(6-9-16)12(18)22-2/h10H,3-9H2,1-2H3,(H,14,19)(H,15,17). The highest BCUT2D eigenvalue weighted by Crippen LogP contribution is 2.20. The number of methoxy groups -OCH3 is 1. The molecule has 1 rings (SSSR count). The van der Waals surface area contributed by atoms with Crippen LogP contribution in [0.1, 0.15) is 26.2 Å². The first-order valence-corrected chi connectivity index (χ1v) is 9.03. The van der Waals surface area contributed by atoms with Crippen molar-refractivity contribution in [2.45, 2.75) is 26.2 Å². The second-order valence-corrected chi connectivity index (χ2v) is 6.79. The Hall–Kier alpha value is -1.88. The smallest absolute Gasteiger partial charge is 0.407 e. The van der Waals surface area contributed by atoms with Crippen LogP contribution in [0.3, 0.4) is 0 Å². The SMILES string of the molecule is CCOC(=O)NCCC(=O)NS(=O)(=O)N1CCC(C(=O)OC)CC1. The summed E-state index contributed by atoms with van der Waals surface area (Å²) >= 11 is 0. The number of carbonyl (C=O) groups excluding carboxylic acids is 3. The molecule has 24 heavy (non-hydrogen) atoms. The van der Waals surface area contributed by atoms with Crippen LogP contribution in [0.5, 0.6) is 0 Å². The maximum absolute atomic E-state index is 12.1. The molecule has 0 bridgehead atoms. The predicted molar refractivity (Wildman–Crippen MR) is 83.0 cm³/mol. The zero-order valence-electron chi connectivity index (χ0n) is 13.7. The zero-order valence-corrected chi connectivity index (χ0v) is 14.6. The second kappa shape index (κ2) is 9.42. The van der Waals surface area contributed by atoms with Crippen LogP contribution in [0.2, 0.25) is 0 Å². The molecule has 0 aliphatic carbocycles.